The van der Waals surface area contributed by atoms with Crippen LogP contribution in [-0.4, -0.2) is 15.9 Å². The fourth-order valence-corrected chi connectivity index (χ4v) is 6.03. The number of anilines is 1. The molecule has 0 aliphatic heterocycles. The summed E-state index contributed by atoms with van der Waals surface area (Å²) in [5.74, 6) is -0.118. The number of amides is 1. The summed E-state index contributed by atoms with van der Waals surface area (Å²) in [6.45, 7) is 6.43. The van der Waals surface area contributed by atoms with Crippen molar-refractivity contribution in [2.75, 3.05) is 5.32 Å². The Morgan fingerprint density at radius 1 is 0.839 bits per heavy atom. The van der Waals surface area contributed by atoms with Crippen molar-refractivity contribution in [2.24, 2.45) is 5.41 Å². The highest BCUT2D eigenvalue weighted by Gasteiger charge is 2.73. The van der Waals surface area contributed by atoms with E-state index < -0.39 is 10.8 Å². The van der Waals surface area contributed by atoms with Gasteiger partial charge < -0.3 is 5.32 Å². The predicted octanol–water partition coefficient (Wildman–Crippen LogP) is 7.21. The lowest BCUT2D eigenvalue weighted by Crippen LogP contribution is -2.48. The molecule has 2 aliphatic carbocycles. The van der Waals surface area contributed by atoms with Crippen LogP contribution in [0.25, 0.3) is 11.0 Å². The standard InChI is InChI=1S/C23H19Cl4N3O/c1-21(2)22(3)6-7-23(21,20(31)28-11-4-5-12(24)13(25)8-11)19-18(22)29-16-9-14(26)15(27)10-17(16)30-19/h4-5,8-10H,6-7H2,1-3H3,(H,28,31). The molecular formula is C23H19Cl4N3O. The van der Waals surface area contributed by atoms with Crippen molar-refractivity contribution in [3.05, 3.63) is 61.8 Å². The van der Waals surface area contributed by atoms with Gasteiger partial charge in [-0.05, 0) is 48.6 Å². The Balaban J connectivity index is 1.69. The molecule has 1 amide bonds. The highest BCUT2D eigenvalue weighted by Crippen LogP contribution is 2.70. The number of aromatic nitrogens is 2. The van der Waals surface area contributed by atoms with Crippen LogP contribution >= 0.6 is 46.4 Å². The number of nitrogens with zero attached hydrogens (tertiary/aromatic N) is 2. The minimum Gasteiger partial charge on any atom is -0.325 e. The van der Waals surface area contributed by atoms with Crippen molar-refractivity contribution in [1.29, 1.82) is 0 Å². The van der Waals surface area contributed by atoms with Crippen LogP contribution in [0.3, 0.4) is 0 Å². The first-order valence-electron chi connectivity index (χ1n) is 9.95. The van der Waals surface area contributed by atoms with Gasteiger partial charge in [0.1, 0.15) is 0 Å². The zero-order valence-electron chi connectivity index (χ0n) is 17.1. The molecule has 1 saturated carbocycles. The van der Waals surface area contributed by atoms with Gasteiger partial charge in [-0.25, -0.2) is 9.97 Å². The van der Waals surface area contributed by atoms with Crippen LogP contribution in [0.2, 0.25) is 20.1 Å². The lowest BCUT2D eigenvalue weighted by Gasteiger charge is -2.39. The number of hydrogen-bond donors (Lipinski definition) is 1. The van der Waals surface area contributed by atoms with Gasteiger partial charge >= 0.3 is 0 Å². The molecule has 1 N–H and O–H groups in total. The molecule has 0 saturated heterocycles. The zero-order valence-corrected chi connectivity index (χ0v) is 20.1. The van der Waals surface area contributed by atoms with Gasteiger partial charge in [-0.2, -0.15) is 0 Å². The Morgan fingerprint density at radius 3 is 2.03 bits per heavy atom. The fraction of sp³-hybridized carbons (Fsp3) is 0.348. The summed E-state index contributed by atoms with van der Waals surface area (Å²) in [5.41, 5.74) is 1.93. The SMILES string of the molecule is CC12CCC(C(=O)Nc3ccc(Cl)c(Cl)c3)(c3nc4cc(Cl)c(Cl)cc4nc31)C2(C)C. The van der Waals surface area contributed by atoms with Gasteiger partial charge in [-0.1, -0.05) is 67.2 Å². The van der Waals surface area contributed by atoms with Gasteiger partial charge in [0.15, 0.2) is 0 Å². The largest absolute Gasteiger partial charge is 0.325 e. The smallest absolute Gasteiger partial charge is 0.237 e. The number of carbonyl (C=O) groups excluding carboxylic acids is 1. The Morgan fingerprint density at radius 2 is 1.42 bits per heavy atom. The summed E-state index contributed by atoms with van der Waals surface area (Å²) in [7, 11) is 0. The van der Waals surface area contributed by atoms with Crippen LogP contribution in [0, 0.1) is 5.41 Å². The Labute approximate surface area is 200 Å². The number of fused-ring (bicyclic) bond motifs is 6. The third-order valence-corrected chi connectivity index (χ3v) is 9.11. The van der Waals surface area contributed by atoms with E-state index in [0.717, 1.165) is 17.8 Å². The van der Waals surface area contributed by atoms with Crippen molar-refractivity contribution in [1.82, 2.24) is 9.97 Å². The molecule has 1 aromatic heterocycles. The molecule has 1 fully saturated rings. The van der Waals surface area contributed by atoms with Gasteiger partial charge in [0.2, 0.25) is 5.91 Å². The maximum Gasteiger partial charge on any atom is 0.237 e. The van der Waals surface area contributed by atoms with Crippen molar-refractivity contribution in [2.45, 2.75) is 44.4 Å². The highest BCUT2D eigenvalue weighted by molar-refractivity contribution is 6.43. The molecule has 2 aromatic carbocycles. The maximum atomic E-state index is 13.9. The molecule has 1 heterocycles. The second-order valence-electron chi connectivity index (χ2n) is 9.12. The highest BCUT2D eigenvalue weighted by atomic mass is 35.5. The molecule has 8 heteroatoms. The summed E-state index contributed by atoms with van der Waals surface area (Å²) in [4.78, 5) is 23.7. The molecule has 5 rings (SSSR count). The van der Waals surface area contributed by atoms with Gasteiger partial charge in [0, 0.05) is 11.1 Å². The third-order valence-electron chi connectivity index (χ3n) is 7.64. The van der Waals surface area contributed by atoms with Crippen LogP contribution < -0.4 is 5.32 Å². The molecule has 4 nitrogen and oxygen atoms in total. The second kappa shape index (κ2) is 6.71. The van der Waals surface area contributed by atoms with E-state index in [0.29, 0.717) is 43.2 Å². The molecule has 2 aliphatic rings. The second-order valence-corrected chi connectivity index (χ2v) is 10.8. The summed E-state index contributed by atoms with van der Waals surface area (Å²) >= 11 is 24.6. The molecular weight excluding hydrogens is 476 g/mol. The van der Waals surface area contributed by atoms with Crippen LogP contribution in [0.15, 0.2) is 30.3 Å². The molecule has 3 aromatic rings. The van der Waals surface area contributed by atoms with Crippen molar-refractivity contribution >= 4 is 69.0 Å². The molecule has 160 valence electrons. The summed E-state index contributed by atoms with van der Waals surface area (Å²) in [6, 6.07) is 8.51. The van der Waals surface area contributed by atoms with Crippen LogP contribution in [-0.2, 0) is 15.6 Å². The summed E-state index contributed by atoms with van der Waals surface area (Å²) in [5, 5.41) is 4.72. The quantitative estimate of drug-likeness (QED) is 0.409. The minimum atomic E-state index is -0.837. The van der Waals surface area contributed by atoms with Crippen LogP contribution in [0.1, 0.15) is 45.0 Å². The van der Waals surface area contributed by atoms with Crippen molar-refractivity contribution in [3.63, 3.8) is 0 Å². The first-order valence-corrected chi connectivity index (χ1v) is 11.5. The summed E-state index contributed by atoms with van der Waals surface area (Å²) in [6.07, 6.45) is 1.52. The Kier molecular flexibility index (Phi) is 4.60. The number of benzene rings is 2. The normalized spacial score (nSPS) is 25.6. The Bertz CT molecular complexity index is 1290. The molecule has 2 bridgehead atoms. The van der Waals surface area contributed by atoms with E-state index in [1.54, 1.807) is 30.3 Å². The van der Waals surface area contributed by atoms with E-state index in [-0.39, 0.29) is 11.3 Å². The number of carbonyl (C=O) groups is 1. The average molecular weight is 495 g/mol. The molecule has 0 radical (unpaired) electrons. The third kappa shape index (κ3) is 2.65. The van der Waals surface area contributed by atoms with Gasteiger partial charge in [0.25, 0.3) is 0 Å². The monoisotopic (exact) mass is 493 g/mol. The van der Waals surface area contributed by atoms with E-state index in [4.69, 9.17) is 56.4 Å². The van der Waals surface area contributed by atoms with E-state index in [2.05, 4.69) is 26.1 Å². The van der Waals surface area contributed by atoms with Gasteiger partial charge in [-0.15, -0.1) is 0 Å². The maximum absolute atomic E-state index is 13.9. The van der Waals surface area contributed by atoms with Gasteiger partial charge in [-0.3, -0.25) is 4.79 Å². The average Bonchev–Trinajstić information content (AvgIpc) is 3.00. The first-order chi connectivity index (χ1) is 14.5. The van der Waals surface area contributed by atoms with Gasteiger partial charge in [0.05, 0.1) is 47.9 Å². The first kappa shape index (κ1) is 21.3. The Hall–Kier alpha value is -1.59. The predicted molar refractivity (Wildman–Crippen MR) is 127 cm³/mol. The van der Waals surface area contributed by atoms with E-state index in [1.165, 1.54) is 0 Å². The molecule has 0 spiro atoms. The lowest BCUT2D eigenvalue weighted by molar-refractivity contribution is -0.125. The van der Waals surface area contributed by atoms with Crippen LogP contribution in [0.5, 0.6) is 0 Å². The van der Waals surface area contributed by atoms with E-state index in [9.17, 15) is 4.79 Å². The van der Waals surface area contributed by atoms with E-state index in [1.807, 2.05) is 0 Å². The summed E-state index contributed by atoms with van der Waals surface area (Å²) < 4.78 is 0. The lowest BCUT2D eigenvalue weighted by atomic mass is 9.63. The number of halogens is 4. The number of hydrogen-bond acceptors (Lipinski definition) is 3. The molecule has 31 heavy (non-hydrogen) atoms. The zero-order chi connectivity index (χ0) is 22.3. The topological polar surface area (TPSA) is 54.9 Å². The van der Waals surface area contributed by atoms with E-state index >= 15 is 0 Å². The minimum absolute atomic E-state index is 0.118. The number of nitrogens with one attached hydrogen (secondary N) is 1. The number of rotatable bonds is 2. The van der Waals surface area contributed by atoms with Crippen molar-refractivity contribution in [3.8, 4) is 0 Å². The van der Waals surface area contributed by atoms with Crippen LogP contribution in [0.4, 0.5) is 5.69 Å². The molecule has 2 atom stereocenters. The fourth-order valence-electron chi connectivity index (χ4n) is 5.41. The molecule has 2 unspecified atom stereocenters. The van der Waals surface area contributed by atoms with Crippen molar-refractivity contribution < 1.29 is 4.79 Å².